The fraction of sp³-hybridized carbons (Fsp3) is 0.818. The molecule has 0 spiro atoms. The van der Waals surface area contributed by atoms with Gasteiger partial charge in [-0.2, -0.15) is 0 Å². The van der Waals surface area contributed by atoms with E-state index in [1.807, 2.05) is 20.8 Å². The van der Waals surface area contributed by atoms with E-state index in [1.54, 1.807) is 7.05 Å². The molecule has 0 bridgehead atoms. The SMILES string of the molecule is CNC(CSSCCC(=O)OC(C)(C)C)C(=O)O. The monoisotopic (exact) mass is 295 g/mol. The Labute approximate surface area is 116 Å². The first-order chi connectivity index (χ1) is 8.26. The van der Waals surface area contributed by atoms with E-state index < -0.39 is 17.6 Å². The van der Waals surface area contributed by atoms with Gasteiger partial charge < -0.3 is 15.2 Å². The first-order valence-electron chi connectivity index (χ1n) is 5.62. The van der Waals surface area contributed by atoms with Gasteiger partial charge in [0.15, 0.2) is 0 Å². The van der Waals surface area contributed by atoms with Crippen molar-refractivity contribution in [2.45, 2.75) is 38.8 Å². The van der Waals surface area contributed by atoms with Crippen LogP contribution in [0.2, 0.25) is 0 Å². The summed E-state index contributed by atoms with van der Waals surface area (Å²) in [6, 6.07) is -0.552. The van der Waals surface area contributed by atoms with Crippen molar-refractivity contribution < 1.29 is 19.4 Å². The number of esters is 1. The predicted octanol–water partition coefficient (Wildman–Crippen LogP) is 1.77. The lowest BCUT2D eigenvalue weighted by Gasteiger charge is -2.19. The van der Waals surface area contributed by atoms with E-state index in [0.29, 0.717) is 17.9 Å². The van der Waals surface area contributed by atoms with Crippen LogP contribution >= 0.6 is 21.6 Å². The van der Waals surface area contributed by atoms with Crippen LogP contribution in [0.4, 0.5) is 0 Å². The van der Waals surface area contributed by atoms with Gasteiger partial charge in [0.1, 0.15) is 11.6 Å². The lowest BCUT2D eigenvalue weighted by molar-refractivity contribution is -0.154. The molecule has 0 aromatic heterocycles. The molecule has 5 nitrogen and oxygen atoms in total. The molecule has 0 aliphatic heterocycles. The molecule has 0 aliphatic rings. The molecule has 0 aromatic carbocycles. The number of carbonyl (C=O) groups excluding carboxylic acids is 1. The Morgan fingerprint density at radius 1 is 1.33 bits per heavy atom. The number of nitrogens with one attached hydrogen (secondary N) is 1. The number of hydrogen-bond donors (Lipinski definition) is 2. The molecule has 0 heterocycles. The van der Waals surface area contributed by atoms with Crippen molar-refractivity contribution in [2.24, 2.45) is 0 Å². The van der Waals surface area contributed by atoms with Gasteiger partial charge >= 0.3 is 11.9 Å². The Bertz CT molecular complexity index is 279. The van der Waals surface area contributed by atoms with Gasteiger partial charge in [0.2, 0.25) is 0 Å². The minimum atomic E-state index is -0.863. The zero-order valence-corrected chi connectivity index (χ0v) is 12.8. The van der Waals surface area contributed by atoms with E-state index in [0.717, 1.165) is 0 Å². The van der Waals surface area contributed by atoms with E-state index in [1.165, 1.54) is 21.6 Å². The first kappa shape index (κ1) is 17.6. The van der Waals surface area contributed by atoms with Crippen LogP contribution in [0.5, 0.6) is 0 Å². The summed E-state index contributed by atoms with van der Waals surface area (Å²) in [5.41, 5.74) is -0.449. The van der Waals surface area contributed by atoms with Gasteiger partial charge in [0, 0.05) is 11.5 Å². The number of carbonyl (C=O) groups is 2. The quantitative estimate of drug-likeness (QED) is 0.401. The average molecular weight is 295 g/mol. The molecule has 0 saturated heterocycles. The second-order valence-electron chi connectivity index (χ2n) is 4.62. The summed E-state index contributed by atoms with van der Waals surface area (Å²) >= 11 is 0. The van der Waals surface area contributed by atoms with Crippen molar-refractivity contribution in [2.75, 3.05) is 18.6 Å². The normalized spacial score (nSPS) is 13.1. The Hall–Kier alpha value is -0.400. The zero-order valence-electron chi connectivity index (χ0n) is 11.2. The van der Waals surface area contributed by atoms with Gasteiger partial charge in [-0.15, -0.1) is 0 Å². The molecular formula is C11H21NO4S2. The standard InChI is InChI=1S/C11H21NO4S2/c1-11(2,3)16-9(13)5-6-17-18-7-8(12-4)10(14)15/h8,12H,5-7H2,1-4H3,(H,14,15). The molecular weight excluding hydrogens is 274 g/mol. The highest BCUT2D eigenvalue weighted by atomic mass is 33.1. The molecule has 2 N–H and O–H groups in total. The Morgan fingerprint density at radius 3 is 2.39 bits per heavy atom. The molecule has 1 atom stereocenters. The molecule has 7 heteroatoms. The Balaban J connectivity index is 3.62. The largest absolute Gasteiger partial charge is 0.480 e. The second-order valence-corrected chi connectivity index (χ2v) is 7.25. The highest BCUT2D eigenvalue weighted by Crippen LogP contribution is 2.23. The van der Waals surface area contributed by atoms with Gasteiger partial charge in [-0.05, 0) is 27.8 Å². The number of ether oxygens (including phenoxy) is 1. The number of aliphatic carboxylic acids is 1. The summed E-state index contributed by atoms with van der Waals surface area (Å²) in [6.45, 7) is 5.49. The number of hydrogen-bond acceptors (Lipinski definition) is 6. The lowest BCUT2D eigenvalue weighted by atomic mass is 10.2. The van der Waals surface area contributed by atoms with Crippen LogP contribution in [-0.2, 0) is 14.3 Å². The van der Waals surface area contributed by atoms with Crippen LogP contribution in [0, 0.1) is 0 Å². The molecule has 18 heavy (non-hydrogen) atoms. The van der Waals surface area contributed by atoms with Crippen molar-refractivity contribution in [3.63, 3.8) is 0 Å². The maximum Gasteiger partial charge on any atom is 0.321 e. The topological polar surface area (TPSA) is 75.6 Å². The third-order valence-electron chi connectivity index (χ3n) is 1.77. The number of rotatable bonds is 8. The van der Waals surface area contributed by atoms with Crippen LogP contribution in [-0.4, -0.2) is 47.2 Å². The molecule has 0 radical (unpaired) electrons. The molecule has 0 saturated carbocycles. The van der Waals surface area contributed by atoms with E-state index in [9.17, 15) is 9.59 Å². The molecule has 0 amide bonds. The van der Waals surface area contributed by atoms with Crippen LogP contribution in [0.15, 0.2) is 0 Å². The third kappa shape index (κ3) is 9.61. The highest BCUT2D eigenvalue weighted by Gasteiger charge is 2.17. The van der Waals surface area contributed by atoms with Gasteiger partial charge in [-0.25, -0.2) is 0 Å². The number of carboxylic acids is 1. The summed E-state index contributed by atoms with van der Waals surface area (Å²) in [5, 5.41) is 11.5. The first-order valence-corrected chi connectivity index (χ1v) is 8.11. The molecule has 0 aliphatic carbocycles. The van der Waals surface area contributed by atoms with Crippen molar-refractivity contribution in [3.05, 3.63) is 0 Å². The molecule has 106 valence electrons. The van der Waals surface area contributed by atoms with Gasteiger partial charge in [-0.1, -0.05) is 21.6 Å². The van der Waals surface area contributed by atoms with Gasteiger partial charge in [-0.3, -0.25) is 9.59 Å². The van der Waals surface area contributed by atoms with Crippen molar-refractivity contribution >= 4 is 33.5 Å². The lowest BCUT2D eigenvalue weighted by Crippen LogP contribution is -2.35. The Kier molecular flexibility index (Phi) is 8.47. The summed E-state index contributed by atoms with van der Waals surface area (Å²) < 4.78 is 5.16. The minimum absolute atomic E-state index is 0.223. The van der Waals surface area contributed by atoms with E-state index in [4.69, 9.17) is 9.84 Å². The van der Waals surface area contributed by atoms with Gasteiger partial charge in [0.05, 0.1) is 6.42 Å². The van der Waals surface area contributed by atoms with E-state index in [-0.39, 0.29) is 5.97 Å². The summed E-state index contributed by atoms with van der Waals surface area (Å²) in [5.74, 6) is -0.00257. The van der Waals surface area contributed by atoms with Crippen LogP contribution in [0.25, 0.3) is 0 Å². The molecule has 1 unspecified atom stereocenters. The maximum absolute atomic E-state index is 11.4. The third-order valence-corrected chi connectivity index (χ3v) is 4.19. The van der Waals surface area contributed by atoms with E-state index in [2.05, 4.69) is 5.32 Å². The molecule has 0 fully saturated rings. The van der Waals surface area contributed by atoms with Crippen molar-refractivity contribution in [3.8, 4) is 0 Å². The maximum atomic E-state index is 11.4. The predicted molar refractivity (Wildman–Crippen MR) is 75.9 cm³/mol. The van der Waals surface area contributed by atoms with Crippen molar-refractivity contribution in [1.82, 2.24) is 5.32 Å². The zero-order chi connectivity index (χ0) is 14.2. The molecule has 0 rings (SSSR count). The second kappa shape index (κ2) is 8.66. The number of likely N-dealkylation sites (N-methyl/N-ethyl adjacent to an activating group) is 1. The number of carboxylic acid groups (broad SMARTS) is 1. The fourth-order valence-electron chi connectivity index (χ4n) is 0.971. The fourth-order valence-corrected chi connectivity index (χ4v) is 3.18. The molecule has 0 aromatic rings. The Morgan fingerprint density at radius 2 is 1.94 bits per heavy atom. The average Bonchev–Trinajstić information content (AvgIpc) is 2.20. The van der Waals surface area contributed by atoms with Crippen LogP contribution in [0.1, 0.15) is 27.2 Å². The minimum Gasteiger partial charge on any atom is -0.480 e. The smallest absolute Gasteiger partial charge is 0.321 e. The van der Waals surface area contributed by atoms with E-state index >= 15 is 0 Å². The van der Waals surface area contributed by atoms with Crippen molar-refractivity contribution in [1.29, 1.82) is 0 Å². The summed E-state index contributed by atoms with van der Waals surface area (Å²) in [6.07, 6.45) is 0.340. The summed E-state index contributed by atoms with van der Waals surface area (Å²) in [7, 11) is 4.54. The van der Waals surface area contributed by atoms with Crippen LogP contribution in [0.3, 0.4) is 0 Å². The van der Waals surface area contributed by atoms with Crippen LogP contribution < -0.4 is 5.32 Å². The highest BCUT2D eigenvalue weighted by molar-refractivity contribution is 8.76. The summed E-state index contributed by atoms with van der Waals surface area (Å²) in [4.78, 5) is 22.1. The van der Waals surface area contributed by atoms with Gasteiger partial charge in [0.25, 0.3) is 0 Å².